The van der Waals surface area contributed by atoms with Crippen LogP contribution < -0.4 is 0 Å². The summed E-state index contributed by atoms with van der Waals surface area (Å²) in [5, 5.41) is 0. The summed E-state index contributed by atoms with van der Waals surface area (Å²) < 4.78 is 0. The molecule has 0 aliphatic carbocycles. The Labute approximate surface area is 143 Å². The molecule has 124 valence electrons. The highest BCUT2D eigenvalue weighted by molar-refractivity contribution is 5.99. The van der Waals surface area contributed by atoms with Crippen molar-refractivity contribution in [1.29, 1.82) is 0 Å². The molecule has 2 saturated heterocycles. The summed E-state index contributed by atoms with van der Waals surface area (Å²) >= 11 is 0. The minimum atomic E-state index is 0.164. The number of carbonyl (C=O) groups excluding carboxylic acids is 1. The average molecular weight is 320 g/mol. The first-order valence-electron chi connectivity index (χ1n) is 8.97. The van der Waals surface area contributed by atoms with Crippen molar-refractivity contribution in [1.82, 2.24) is 9.88 Å². The van der Waals surface area contributed by atoms with Crippen LogP contribution in [0, 0.1) is 12.8 Å². The Morgan fingerprint density at radius 1 is 1.12 bits per heavy atom. The number of hydrogen-bond acceptors (Lipinski definition) is 3. The van der Waals surface area contributed by atoms with E-state index in [1.807, 2.05) is 13.0 Å². The number of pyridine rings is 1. The zero-order valence-electron chi connectivity index (χ0n) is 14.2. The van der Waals surface area contributed by atoms with Gasteiger partial charge in [0.2, 0.25) is 0 Å². The van der Waals surface area contributed by atoms with Gasteiger partial charge in [-0.1, -0.05) is 30.3 Å². The van der Waals surface area contributed by atoms with E-state index < -0.39 is 0 Å². The largest absolute Gasteiger partial charge is 0.294 e. The Morgan fingerprint density at radius 2 is 1.83 bits per heavy atom. The molecule has 0 saturated carbocycles. The predicted molar refractivity (Wildman–Crippen MR) is 94.8 cm³/mol. The van der Waals surface area contributed by atoms with Crippen molar-refractivity contribution in [3.05, 3.63) is 65.5 Å². The van der Waals surface area contributed by atoms with Crippen LogP contribution in [0.1, 0.15) is 47.2 Å². The molecule has 4 rings (SSSR count). The normalized spacial score (nSPS) is 26.5. The van der Waals surface area contributed by atoms with Crippen molar-refractivity contribution in [3.63, 3.8) is 0 Å². The molecule has 0 amide bonds. The van der Waals surface area contributed by atoms with E-state index in [9.17, 15) is 4.79 Å². The van der Waals surface area contributed by atoms with Crippen LogP contribution in [0.5, 0.6) is 0 Å². The van der Waals surface area contributed by atoms with E-state index in [1.54, 1.807) is 12.4 Å². The Bertz CT molecular complexity index is 714. The molecule has 0 N–H and O–H groups in total. The van der Waals surface area contributed by atoms with E-state index in [0.29, 0.717) is 17.9 Å². The Morgan fingerprint density at radius 3 is 2.50 bits per heavy atom. The van der Waals surface area contributed by atoms with Gasteiger partial charge in [-0.3, -0.25) is 14.7 Å². The first-order chi connectivity index (χ1) is 11.7. The second-order valence-electron chi connectivity index (χ2n) is 7.27. The fourth-order valence-corrected chi connectivity index (χ4v) is 4.48. The van der Waals surface area contributed by atoms with Crippen LogP contribution in [0.2, 0.25) is 0 Å². The standard InChI is InChI=1S/C21H24N2O/c1-15-9-10-22-13-20(15)21(24)17-11-18-7-8-19(12-17)23(18)14-16-5-3-2-4-6-16/h2-6,9-10,13,17-19H,7-8,11-12,14H2,1H3. The van der Waals surface area contributed by atoms with Crippen LogP contribution in [0.4, 0.5) is 0 Å². The lowest BCUT2D eigenvalue weighted by Crippen LogP contribution is -2.44. The molecule has 2 atom stereocenters. The van der Waals surface area contributed by atoms with Gasteiger partial charge in [0.05, 0.1) is 0 Å². The van der Waals surface area contributed by atoms with Crippen LogP contribution in [0.25, 0.3) is 0 Å². The van der Waals surface area contributed by atoms with E-state index >= 15 is 0 Å². The molecule has 2 aromatic rings. The van der Waals surface area contributed by atoms with Gasteiger partial charge in [-0.05, 0) is 49.8 Å². The molecule has 24 heavy (non-hydrogen) atoms. The summed E-state index contributed by atoms with van der Waals surface area (Å²) in [4.78, 5) is 19.7. The van der Waals surface area contributed by atoms with E-state index in [0.717, 1.165) is 30.5 Å². The molecule has 2 unspecified atom stereocenters. The summed E-state index contributed by atoms with van der Waals surface area (Å²) in [6, 6.07) is 13.7. The van der Waals surface area contributed by atoms with E-state index in [-0.39, 0.29) is 5.92 Å². The zero-order valence-corrected chi connectivity index (χ0v) is 14.2. The van der Waals surface area contributed by atoms with Crippen molar-refractivity contribution in [2.24, 2.45) is 5.92 Å². The highest BCUT2D eigenvalue weighted by Crippen LogP contribution is 2.40. The molecule has 2 bridgehead atoms. The smallest absolute Gasteiger partial charge is 0.167 e. The number of rotatable bonds is 4. The summed E-state index contributed by atoms with van der Waals surface area (Å²) in [5.74, 6) is 0.467. The molecule has 2 aliphatic rings. The first kappa shape index (κ1) is 15.5. The van der Waals surface area contributed by atoms with E-state index in [2.05, 4.69) is 40.2 Å². The van der Waals surface area contributed by atoms with Crippen LogP contribution in [-0.2, 0) is 6.54 Å². The molecule has 1 aromatic heterocycles. The van der Waals surface area contributed by atoms with Gasteiger partial charge in [0, 0.05) is 42.5 Å². The third-order valence-electron chi connectivity index (χ3n) is 5.77. The number of carbonyl (C=O) groups is 1. The topological polar surface area (TPSA) is 33.2 Å². The van der Waals surface area contributed by atoms with Gasteiger partial charge < -0.3 is 0 Å². The first-order valence-corrected chi connectivity index (χ1v) is 8.97. The molecule has 0 radical (unpaired) electrons. The SMILES string of the molecule is Cc1ccncc1C(=O)C1CC2CCC(C1)N2Cc1ccccc1. The lowest BCUT2D eigenvalue weighted by Gasteiger charge is -2.38. The zero-order chi connectivity index (χ0) is 16.5. The predicted octanol–water partition coefficient (Wildman–Crippen LogP) is 4.02. The Kier molecular flexibility index (Phi) is 4.19. The molecular formula is C21H24N2O. The number of ketones is 1. The van der Waals surface area contributed by atoms with Gasteiger partial charge in [-0.25, -0.2) is 0 Å². The van der Waals surface area contributed by atoms with Gasteiger partial charge in [0.15, 0.2) is 5.78 Å². The van der Waals surface area contributed by atoms with Crippen molar-refractivity contribution in [3.8, 4) is 0 Å². The maximum Gasteiger partial charge on any atom is 0.167 e. The maximum atomic E-state index is 12.9. The minimum Gasteiger partial charge on any atom is -0.294 e. The lowest BCUT2D eigenvalue weighted by molar-refractivity contribution is 0.0677. The number of fused-ring (bicyclic) bond motifs is 2. The average Bonchev–Trinajstić information content (AvgIpc) is 2.83. The summed E-state index contributed by atoms with van der Waals surface area (Å²) in [5.41, 5.74) is 3.25. The maximum absolute atomic E-state index is 12.9. The van der Waals surface area contributed by atoms with Gasteiger partial charge in [-0.2, -0.15) is 0 Å². The molecule has 3 heterocycles. The quantitative estimate of drug-likeness (QED) is 0.798. The second-order valence-corrected chi connectivity index (χ2v) is 7.27. The van der Waals surface area contributed by atoms with Gasteiger partial charge in [0.25, 0.3) is 0 Å². The van der Waals surface area contributed by atoms with Crippen molar-refractivity contribution in [2.45, 2.75) is 51.2 Å². The summed E-state index contributed by atoms with van der Waals surface area (Å²) in [6.07, 6.45) is 7.96. The molecular weight excluding hydrogens is 296 g/mol. The fraction of sp³-hybridized carbons (Fsp3) is 0.429. The van der Waals surface area contributed by atoms with Crippen LogP contribution in [0.15, 0.2) is 48.8 Å². The molecule has 1 aromatic carbocycles. The molecule has 3 heteroatoms. The molecule has 0 spiro atoms. The van der Waals surface area contributed by atoms with Crippen LogP contribution in [-0.4, -0.2) is 27.8 Å². The number of nitrogens with zero attached hydrogens (tertiary/aromatic N) is 2. The summed E-state index contributed by atoms with van der Waals surface area (Å²) in [7, 11) is 0. The number of Topliss-reactive ketones (excluding diaryl/α,β-unsaturated/α-hetero) is 1. The van der Waals surface area contributed by atoms with Gasteiger partial charge in [-0.15, -0.1) is 0 Å². The highest BCUT2D eigenvalue weighted by atomic mass is 16.1. The monoisotopic (exact) mass is 320 g/mol. The van der Waals surface area contributed by atoms with Crippen LogP contribution in [0.3, 0.4) is 0 Å². The van der Waals surface area contributed by atoms with Gasteiger partial charge >= 0.3 is 0 Å². The van der Waals surface area contributed by atoms with E-state index in [4.69, 9.17) is 0 Å². The molecule has 2 aliphatic heterocycles. The van der Waals surface area contributed by atoms with Crippen molar-refractivity contribution < 1.29 is 4.79 Å². The van der Waals surface area contributed by atoms with Crippen molar-refractivity contribution in [2.75, 3.05) is 0 Å². The number of hydrogen-bond donors (Lipinski definition) is 0. The second kappa shape index (κ2) is 6.48. The number of aryl methyl sites for hydroxylation is 1. The lowest BCUT2D eigenvalue weighted by atomic mass is 9.84. The van der Waals surface area contributed by atoms with E-state index in [1.165, 1.54) is 18.4 Å². The summed E-state index contributed by atoms with van der Waals surface area (Å²) in [6.45, 7) is 3.02. The number of benzene rings is 1. The fourth-order valence-electron chi connectivity index (χ4n) is 4.48. The van der Waals surface area contributed by atoms with Gasteiger partial charge in [0.1, 0.15) is 0 Å². The third kappa shape index (κ3) is 2.89. The van der Waals surface area contributed by atoms with Crippen LogP contribution >= 0.6 is 0 Å². The highest BCUT2D eigenvalue weighted by Gasteiger charge is 2.42. The Hall–Kier alpha value is -2.00. The third-order valence-corrected chi connectivity index (χ3v) is 5.77. The van der Waals surface area contributed by atoms with Crippen molar-refractivity contribution >= 4 is 5.78 Å². The minimum absolute atomic E-state index is 0.164. The molecule has 3 nitrogen and oxygen atoms in total. The molecule has 2 fully saturated rings. The number of piperidine rings is 1. The number of aromatic nitrogens is 1. The Balaban J connectivity index is 1.48.